The van der Waals surface area contributed by atoms with Gasteiger partial charge in [0.25, 0.3) is 14.2 Å². The molecular formula is C7H12ClN3O3S. The first kappa shape index (κ1) is 12.3. The highest BCUT2D eigenvalue weighted by molar-refractivity contribution is 8.13. The minimum absolute atomic E-state index is 0.113. The molecule has 0 fully saturated rings. The Morgan fingerprint density at radius 2 is 1.87 bits per heavy atom. The Morgan fingerprint density at radius 1 is 1.33 bits per heavy atom. The van der Waals surface area contributed by atoms with E-state index in [1.54, 1.807) is 20.8 Å². The predicted molar refractivity (Wildman–Crippen MR) is 54.6 cm³/mol. The summed E-state index contributed by atoms with van der Waals surface area (Å²) in [5.41, 5.74) is -0.536. The van der Waals surface area contributed by atoms with Gasteiger partial charge in [-0.2, -0.15) is 0 Å². The summed E-state index contributed by atoms with van der Waals surface area (Å²) in [6.07, 6.45) is 0. The van der Waals surface area contributed by atoms with Crippen molar-refractivity contribution in [3.63, 3.8) is 0 Å². The second kappa shape index (κ2) is 3.64. The molecule has 0 aliphatic heterocycles. The van der Waals surface area contributed by atoms with E-state index >= 15 is 0 Å². The number of rotatable bonds is 2. The third-order valence-electron chi connectivity index (χ3n) is 1.68. The predicted octanol–water partition coefficient (Wildman–Crippen LogP) is 0.969. The Bertz CT molecular complexity index is 460. The quantitative estimate of drug-likeness (QED) is 0.735. The second-order valence-corrected chi connectivity index (χ2v) is 6.37. The van der Waals surface area contributed by atoms with Gasteiger partial charge in [-0.3, -0.25) is 4.57 Å². The molecule has 0 saturated carbocycles. The summed E-state index contributed by atoms with van der Waals surface area (Å²) in [5.74, 6) is 0. The maximum atomic E-state index is 11.2. The van der Waals surface area contributed by atoms with E-state index in [1.807, 2.05) is 0 Å². The lowest BCUT2D eigenvalue weighted by molar-refractivity contribution is 0.283. The van der Waals surface area contributed by atoms with E-state index in [0.717, 1.165) is 0 Å². The van der Waals surface area contributed by atoms with E-state index in [2.05, 4.69) is 10.2 Å². The average Bonchev–Trinajstić information content (AvgIpc) is 2.44. The van der Waals surface area contributed by atoms with Crippen LogP contribution in [0.5, 0.6) is 6.01 Å². The topological polar surface area (TPSA) is 74.1 Å². The van der Waals surface area contributed by atoms with Crippen LogP contribution in [0.1, 0.15) is 20.8 Å². The van der Waals surface area contributed by atoms with E-state index in [0.29, 0.717) is 0 Å². The van der Waals surface area contributed by atoms with Crippen molar-refractivity contribution in [1.29, 1.82) is 0 Å². The van der Waals surface area contributed by atoms with Gasteiger partial charge < -0.3 is 4.74 Å². The van der Waals surface area contributed by atoms with Crippen LogP contribution in [0.4, 0.5) is 0 Å². The molecule has 0 atom stereocenters. The van der Waals surface area contributed by atoms with Crippen molar-refractivity contribution in [2.45, 2.75) is 31.5 Å². The highest BCUT2D eigenvalue weighted by Gasteiger charge is 2.30. The van der Waals surface area contributed by atoms with E-state index in [9.17, 15) is 8.42 Å². The molecular weight excluding hydrogens is 242 g/mol. The van der Waals surface area contributed by atoms with Crippen molar-refractivity contribution in [2.75, 3.05) is 7.11 Å². The van der Waals surface area contributed by atoms with Crippen molar-refractivity contribution in [3.05, 3.63) is 0 Å². The fourth-order valence-corrected chi connectivity index (χ4v) is 2.13. The van der Waals surface area contributed by atoms with Crippen LogP contribution in [0, 0.1) is 0 Å². The molecule has 0 N–H and O–H groups in total. The summed E-state index contributed by atoms with van der Waals surface area (Å²) in [6, 6.07) is 0.113. The first-order valence-corrected chi connectivity index (χ1v) is 6.43. The number of hydrogen-bond acceptors (Lipinski definition) is 5. The van der Waals surface area contributed by atoms with Crippen molar-refractivity contribution in [1.82, 2.24) is 14.8 Å². The third-order valence-corrected chi connectivity index (χ3v) is 2.79. The van der Waals surface area contributed by atoms with Gasteiger partial charge in [0.15, 0.2) is 0 Å². The van der Waals surface area contributed by atoms with Crippen LogP contribution in [0.3, 0.4) is 0 Å². The van der Waals surface area contributed by atoms with Gasteiger partial charge in [-0.25, -0.2) is 8.42 Å². The minimum atomic E-state index is -3.92. The van der Waals surface area contributed by atoms with E-state index < -0.39 is 14.6 Å². The van der Waals surface area contributed by atoms with Gasteiger partial charge in [0.05, 0.1) is 7.11 Å². The van der Waals surface area contributed by atoms with Gasteiger partial charge >= 0.3 is 6.01 Å². The van der Waals surface area contributed by atoms with Crippen molar-refractivity contribution < 1.29 is 13.2 Å². The molecule has 1 aromatic rings. The van der Waals surface area contributed by atoms with Crippen LogP contribution in [0.15, 0.2) is 5.16 Å². The molecule has 8 heteroatoms. The van der Waals surface area contributed by atoms with Gasteiger partial charge in [0.2, 0.25) is 0 Å². The summed E-state index contributed by atoms with van der Waals surface area (Å²) < 4.78 is 28.7. The number of ether oxygens (including phenoxy) is 1. The van der Waals surface area contributed by atoms with Crippen LogP contribution in [-0.2, 0) is 14.6 Å². The lowest BCUT2D eigenvalue weighted by atomic mass is 10.1. The Hall–Kier alpha value is -0.820. The van der Waals surface area contributed by atoms with E-state index in [1.165, 1.54) is 11.7 Å². The number of hydrogen-bond donors (Lipinski definition) is 0. The largest absolute Gasteiger partial charge is 0.467 e. The highest BCUT2D eigenvalue weighted by Crippen LogP contribution is 2.26. The van der Waals surface area contributed by atoms with Crippen molar-refractivity contribution in [2.24, 2.45) is 0 Å². The number of aromatic nitrogens is 3. The molecule has 0 aromatic carbocycles. The normalized spacial score (nSPS) is 12.9. The molecule has 6 nitrogen and oxygen atoms in total. The first-order valence-electron chi connectivity index (χ1n) is 4.12. The molecule has 1 heterocycles. The van der Waals surface area contributed by atoms with Gasteiger partial charge in [0.1, 0.15) is 0 Å². The summed E-state index contributed by atoms with van der Waals surface area (Å²) in [7, 11) is 2.69. The third kappa shape index (κ3) is 2.40. The van der Waals surface area contributed by atoms with Crippen molar-refractivity contribution in [3.8, 4) is 6.01 Å². The molecule has 0 aliphatic carbocycles. The summed E-state index contributed by atoms with van der Waals surface area (Å²) in [5, 5.41) is 6.78. The summed E-state index contributed by atoms with van der Waals surface area (Å²) in [6.45, 7) is 5.39. The fourth-order valence-electron chi connectivity index (χ4n) is 1.12. The molecule has 86 valence electrons. The number of methoxy groups -OCH3 is 1. The maximum Gasteiger partial charge on any atom is 0.318 e. The standard InChI is InChI=1S/C7H12ClN3O3S/c1-7(2,3)11-5(14-4)9-10-6(11)15(8,12)13/h1-4H3. The lowest BCUT2D eigenvalue weighted by Crippen LogP contribution is -2.25. The van der Waals surface area contributed by atoms with Gasteiger partial charge in [-0.1, -0.05) is 5.10 Å². The SMILES string of the molecule is COc1nnc(S(=O)(=O)Cl)n1C(C)(C)C. The fraction of sp³-hybridized carbons (Fsp3) is 0.714. The van der Waals surface area contributed by atoms with Gasteiger partial charge in [-0.15, -0.1) is 5.10 Å². The molecule has 0 unspecified atom stereocenters. The molecule has 0 saturated heterocycles. The zero-order chi connectivity index (χ0) is 11.9. The summed E-state index contributed by atoms with van der Waals surface area (Å²) in [4.78, 5) is 0. The second-order valence-electron chi connectivity index (χ2n) is 3.91. The van der Waals surface area contributed by atoms with Gasteiger partial charge in [-0.05, 0) is 20.8 Å². The lowest BCUT2D eigenvalue weighted by Gasteiger charge is -2.22. The average molecular weight is 254 g/mol. The van der Waals surface area contributed by atoms with Crippen molar-refractivity contribution >= 4 is 19.7 Å². The van der Waals surface area contributed by atoms with Gasteiger partial charge in [0, 0.05) is 16.2 Å². The van der Waals surface area contributed by atoms with Crippen LogP contribution in [-0.4, -0.2) is 30.3 Å². The summed E-state index contributed by atoms with van der Waals surface area (Å²) >= 11 is 0. The molecule has 0 aliphatic rings. The molecule has 15 heavy (non-hydrogen) atoms. The Balaban J connectivity index is 3.51. The maximum absolute atomic E-state index is 11.2. The molecule has 0 radical (unpaired) electrons. The van der Waals surface area contributed by atoms with E-state index in [-0.39, 0.29) is 11.2 Å². The van der Waals surface area contributed by atoms with Crippen LogP contribution in [0.25, 0.3) is 0 Å². The van der Waals surface area contributed by atoms with Crippen LogP contribution >= 0.6 is 10.7 Å². The molecule has 0 amide bonds. The van der Waals surface area contributed by atoms with Crippen LogP contribution in [0.2, 0.25) is 0 Å². The van der Waals surface area contributed by atoms with E-state index in [4.69, 9.17) is 15.4 Å². The highest BCUT2D eigenvalue weighted by atomic mass is 35.7. The zero-order valence-electron chi connectivity index (χ0n) is 8.85. The minimum Gasteiger partial charge on any atom is -0.467 e. The zero-order valence-corrected chi connectivity index (χ0v) is 10.4. The Morgan fingerprint density at radius 3 is 2.20 bits per heavy atom. The first-order chi connectivity index (χ1) is 6.68. The smallest absolute Gasteiger partial charge is 0.318 e. The molecule has 0 bridgehead atoms. The molecule has 0 spiro atoms. The Labute approximate surface area is 92.6 Å². The molecule has 1 aromatic heterocycles. The number of nitrogens with zero attached hydrogens (tertiary/aromatic N) is 3. The Kier molecular flexibility index (Phi) is 2.97. The number of halogens is 1. The van der Waals surface area contributed by atoms with Crippen LogP contribution < -0.4 is 4.74 Å². The monoisotopic (exact) mass is 253 g/mol. The molecule has 1 rings (SSSR count).